The van der Waals surface area contributed by atoms with Gasteiger partial charge in [-0.05, 0) is 32.9 Å². The van der Waals surface area contributed by atoms with Crippen LogP contribution in [0.5, 0.6) is 0 Å². The van der Waals surface area contributed by atoms with Crippen molar-refractivity contribution in [3.63, 3.8) is 0 Å². The molecular formula is C17H19N3O3. The maximum atomic E-state index is 12.6. The molecule has 0 saturated heterocycles. The molecule has 2 rings (SSSR count). The maximum absolute atomic E-state index is 12.6. The van der Waals surface area contributed by atoms with Crippen molar-refractivity contribution >= 4 is 17.7 Å². The van der Waals surface area contributed by atoms with Crippen molar-refractivity contribution in [2.24, 2.45) is 12.0 Å². The Balaban J connectivity index is 2.57. The molecule has 0 amide bonds. The summed E-state index contributed by atoms with van der Waals surface area (Å²) in [5.74, 6) is -0.441. The minimum absolute atomic E-state index is 0.0823. The van der Waals surface area contributed by atoms with Crippen LogP contribution in [0, 0.1) is 6.92 Å². The summed E-state index contributed by atoms with van der Waals surface area (Å²) in [7, 11) is 1.77. The zero-order valence-corrected chi connectivity index (χ0v) is 13.6. The van der Waals surface area contributed by atoms with Crippen LogP contribution in [0.25, 0.3) is 5.69 Å². The summed E-state index contributed by atoms with van der Waals surface area (Å²) in [6.07, 6.45) is 1.23. The van der Waals surface area contributed by atoms with Crippen LogP contribution in [-0.4, -0.2) is 26.5 Å². The molecule has 23 heavy (non-hydrogen) atoms. The first-order valence-electron chi connectivity index (χ1n) is 7.13. The minimum Gasteiger partial charge on any atom is -0.512 e. The van der Waals surface area contributed by atoms with Gasteiger partial charge >= 0.3 is 0 Å². The molecule has 0 aliphatic heterocycles. The first kappa shape index (κ1) is 16.5. The Morgan fingerprint density at radius 2 is 1.83 bits per heavy atom. The van der Waals surface area contributed by atoms with Crippen LogP contribution in [0.4, 0.5) is 5.69 Å². The van der Waals surface area contributed by atoms with Crippen molar-refractivity contribution < 1.29 is 9.90 Å². The first-order chi connectivity index (χ1) is 10.8. The number of nitrogens with zero attached hydrogens (tertiary/aromatic N) is 3. The molecule has 6 heteroatoms. The van der Waals surface area contributed by atoms with Gasteiger partial charge in [0.05, 0.1) is 17.0 Å². The summed E-state index contributed by atoms with van der Waals surface area (Å²) in [5, 5.41) is 9.52. The van der Waals surface area contributed by atoms with Gasteiger partial charge in [0.2, 0.25) is 0 Å². The summed E-state index contributed by atoms with van der Waals surface area (Å²) in [5.41, 5.74) is 1.42. The lowest BCUT2D eigenvalue weighted by atomic mass is 10.2. The Labute approximate surface area is 134 Å². The van der Waals surface area contributed by atoms with E-state index in [1.54, 1.807) is 18.7 Å². The Bertz CT molecular complexity index is 851. The molecule has 0 saturated carbocycles. The van der Waals surface area contributed by atoms with Crippen LogP contribution in [0.15, 0.2) is 51.5 Å². The Morgan fingerprint density at radius 1 is 1.22 bits per heavy atom. The number of rotatable bonds is 4. The van der Waals surface area contributed by atoms with Crippen LogP contribution in [-0.2, 0) is 11.8 Å². The van der Waals surface area contributed by atoms with Crippen LogP contribution >= 0.6 is 0 Å². The van der Waals surface area contributed by atoms with Gasteiger partial charge in [0, 0.05) is 13.3 Å². The number of Topliss-reactive ketones (excluding diaryl/α,β-unsaturated/α-hetero) is 1. The van der Waals surface area contributed by atoms with Gasteiger partial charge in [0.15, 0.2) is 11.5 Å². The second-order valence-electron chi connectivity index (χ2n) is 5.22. The van der Waals surface area contributed by atoms with E-state index in [9.17, 15) is 14.7 Å². The predicted octanol–water partition coefficient (Wildman–Crippen LogP) is 2.61. The van der Waals surface area contributed by atoms with Crippen LogP contribution < -0.4 is 5.56 Å². The number of allylic oxidation sites excluding steroid dienone is 2. The van der Waals surface area contributed by atoms with E-state index >= 15 is 0 Å². The van der Waals surface area contributed by atoms with Gasteiger partial charge in [-0.1, -0.05) is 18.2 Å². The van der Waals surface area contributed by atoms with E-state index in [4.69, 9.17) is 0 Å². The van der Waals surface area contributed by atoms with E-state index in [1.165, 1.54) is 24.7 Å². The van der Waals surface area contributed by atoms with Gasteiger partial charge in [0.1, 0.15) is 5.76 Å². The standard InChI is InChI=1S/C17H19N3O3/c1-11-16(18-10-15(12(2)21)13(3)22)17(23)20(19(11)4)14-8-6-5-7-9-14/h5-10,21H,1-4H3/b15-12-,18-10?. The van der Waals surface area contributed by atoms with Crippen molar-refractivity contribution in [1.82, 2.24) is 9.36 Å². The average Bonchev–Trinajstić information content (AvgIpc) is 2.71. The summed E-state index contributed by atoms with van der Waals surface area (Å²) in [6, 6.07) is 9.22. The number of hydrogen-bond acceptors (Lipinski definition) is 4. The Morgan fingerprint density at radius 3 is 2.35 bits per heavy atom. The molecular weight excluding hydrogens is 294 g/mol. The van der Waals surface area contributed by atoms with E-state index in [-0.39, 0.29) is 28.4 Å². The third kappa shape index (κ3) is 3.15. The Hall–Kier alpha value is -2.89. The molecule has 0 fully saturated rings. The van der Waals surface area contributed by atoms with Crippen LogP contribution in [0.3, 0.4) is 0 Å². The highest BCUT2D eigenvalue weighted by Crippen LogP contribution is 2.17. The number of aliphatic imine (C=N–C) groups is 1. The fourth-order valence-corrected chi connectivity index (χ4v) is 2.27. The molecule has 0 bridgehead atoms. The highest BCUT2D eigenvalue weighted by atomic mass is 16.3. The van der Waals surface area contributed by atoms with Crippen LogP contribution in [0.1, 0.15) is 19.5 Å². The molecule has 6 nitrogen and oxygen atoms in total. The second kappa shape index (κ2) is 6.48. The number of aliphatic hydroxyl groups excluding tert-OH is 1. The summed E-state index contributed by atoms with van der Waals surface area (Å²) >= 11 is 0. The fraction of sp³-hybridized carbons (Fsp3) is 0.235. The summed E-state index contributed by atoms with van der Waals surface area (Å²) in [4.78, 5) is 28.2. The van der Waals surface area contributed by atoms with Crippen molar-refractivity contribution in [1.29, 1.82) is 0 Å². The van der Waals surface area contributed by atoms with Crippen molar-refractivity contribution in [3.8, 4) is 5.69 Å². The lowest BCUT2D eigenvalue weighted by molar-refractivity contribution is -0.113. The maximum Gasteiger partial charge on any atom is 0.297 e. The van der Waals surface area contributed by atoms with Crippen molar-refractivity contribution in [3.05, 3.63) is 57.7 Å². The summed E-state index contributed by atoms with van der Waals surface area (Å²) in [6.45, 7) is 4.51. The number of benzene rings is 1. The number of para-hydroxylation sites is 1. The van der Waals surface area contributed by atoms with E-state index in [0.29, 0.717) is 5.69 Å². The topological polar surface area (TPSA) is 76.6 Å². The fourth-order valence-electron chi connectivity index (χ4n) is 2.27. The minimum atomic E-state index is -0.314. The SMILES string of the molecule is CC(=O)/C(C=Nc1c(C)n(C)n(-c2ccccc2)c1=O)=C(/C)O. The number of hydrogen-bond donors (Lipinski definition) is 1. The molecule has 1 aromatic heterocycles. The monoisotopic (exact) mass is 313 g/mol. The third-order valence-corrected chi connectivity index (χ3v) is 3.62. The first-order valence-corrected chi connectivity index (χ1v) is 7.13. The van der Waals surface area contributed by atoms with Gasteiger partial charge in [-0.15, -0.1) is 0 Å². The molecule has 2 aromatic rings. The van der Waals surface area contributed by atoms with Gasteiger partial charge in [-0.2, -0.15) is 0 Å². The molecule has 0 radical (unpaired) electrons. The largest absolute Gasteiger partial charge is 0.512 e. The zero-order valence-electron chi connectivity index (χ0n) is 13.6. The van der Waals surface area contributed by atoms with E-state index in [0.717, 1.165) is 5.69 Å². The van der Waals surface area contributed by atoms with Gasteiger partial charge < -0.3 is 5.11 Å². The quantitative estimate of drug-likeness (QED) is 0.535. The number of carbonyl (C=O) groups is 1. The molecule has 0 aliphatic rings. The van der Waals surface area contributed by atoms with Crippen molar-refractivity contribution in [2.45, 2.75) is 20.8 Å². The highest BCUT2D eigenvalue weighted by Gasteiger charge is 2.15. The lowest BCUT2D eigenvalue weighted by Crippen LogP contribution is -2.19. The molecule has 0 aliphatic carbocycles. The normalized spacial score (nSPS) is 12.5. The Kier molecular flexibility index (Phi) is 4.64. The second-order valence-corrected chi connectivity index (χ2v) is 5.22. The number of carbonyl (C=O) groups excluding carboxylic acids is 1. The number of aliphatic hydroxyl groups is 1. The van der Waals surface area contributed by atoms with E-state index < -0.39 is 0 Å². The van der Waals surface area contributed by atoms with Gasteiger partial charge in [-0.3, -0.25) is 14.3 Å². The van der Waals surface area contributed by atoms with Gasteiger partial charge in [0.25, 0.3) is 5.56 Å². The molecule has 0 atom stereocenters. The average molecular weight is 313 g/mol. The number of ketones is 1. The summed E-state index contributed by atoms with van der Waals surface area (Å²) < 4.78 is 3.21. The van der Waals surface area contributed by atoms with E-state index in [2.05, 4.69) is 4.99 Å². The predicted molar refractivity (Wildman–Crippen MR) is 89.9 cm³/mol. The molecule has 120 valence electrons. The smallest absolute Gasteiger partial charge is 0.297 e. The van der Waals surface area contributed by atoms with E-state index in [1.807, 2.05) is 30.3 Å². The lowest BCUT2D eigenvalue weighted by Gasteiger charge is -2.07. The molecule has 1 N–H and O–H groups in total. The van der Waals surface area contributed by atoms with Crippen LogP contribution in [0.2, 0.25) is 0 Å². The molecule has 0 unspecified atom stereocenters. The molecule has 0 spiro atoms. The zero-order chi connectivity index (χ0) is 17.1. The number of aromatic nitrogens is 2. The highest BCUT2D eigenvalue weighted by molar-refractivity contribution is 6.12. The van der Waals surface area contributed by atoms with Crippen molar-refractivity contribution in [2.75, 3.05) is 0 Å². The molecule has 1 aromatic carbocycles. The van der Waals surface area contributed by atoms with Gasteiger partial charge in [-0.25, -0.2) is 9.67 Å². The molecule has 1 heterocycles. The third-order valence-electron chi connectivity index (χ3n) is 3.62.